The lowest BCUT2D eigenvalue weighted by Gasteiger charge is -2.18. The van der Waals surface area contributed by atoms with E-state index in [2.05, 4.69) is 11.9 Å². The van der Waals surface area contributed by atoms with Gasteiger partial charge < -0.3 is 0 Å². The number of Topliss-reactive ketones (excluding diaryl/α,β-unsaturated/α-hetero) is 1. The molecule has 0 bridgehead atoms. The molecule has 0 fully saturated rings. The second-order valence-electron chi connectivity index (χ2n) is 5.84. The molecule has 0 amide bonds. The minimum absolute atomic E-state index is 0.0689. The summed E-state index contributed by atoms with van der Waals surface area (Å²) in [5.74, 6) is -0.305. The quantitative estimate of drug-likeness (QED) is 0.533. The lowest BCUT2D eigenvalue weighted by molar-refractivity contribution is -0.118. The Kier molecular flexibility index (Phi) is 9.27. The van der Waals surface area contributed by atoms with Crippen LogP contribution in [-0.4, -0.2) is 47.6 Å². The summed E-state index contributed by atoms with van der Waals surface area (Å²) in [7, 11) is -3.60. The highest BCUT2D eigenvalue weighted by Crippen LogP contribution is 2.24. The van der Waals surface area contributed by atoms with Gasteiger partial charge in [0, 0.05) is 19.3 Å². The Hall–Kier alpha value is -1.43. The SMILES string of the molecule is CCCCS[C@@H](C)C(=O)[C@H](C#N)c1ccc(S(=O)(=O)N(CC)CC)cn1. The van der Waals surface area contributed by atoms with Crippen LogP contribution in [-0.2, 0) is 14.8 Å². The highest BCUT2D eigenvalue weighted by Gasteiger charge is 2.28. The monoisotopic (exact) mass is 397 g/mol. The van der Waals surface area contributed by atoms with E-state index in [1.165, 1.54) is 34.4 Å². The van der Waals surface area contributed by atoms with E-state index in [4.69, 9.17) is 0 Å². The largest absolute Gasteiger partial charge is 0.297 e. The van der Waals surface area contributed by atoms with Crippen LogP contribution >= 0.6 is 11.8 Å². The Morgan fingerprint density at radius 1 is 1.31 bits per heavy atom. The Morgan fingerprint density at radius 3 is 2.42 bits per heavy atom. The van der Waals surface area contributed by atoms with E-state index >= 15 is 0 Å². The highest BCUT2D eigenvalue weighted by molar-refractivity contribution is 8.00. The predicted octanol–water partition coefficient (Wildman–Crippen LogP) is 3.21. The molecular weight excluding hydrogens is 370 g/mol. The van der Waals surface area contributed by atoms with Crippen LogP contribution < -0.4 is 0 Å². The van der Waals surface area contributed by atoms with Crippen LogP contribution in [0.4, 0.5) is 0 Å². The van der Waals surface area contributed by atoms with Gasteiger partial charge in [-0.2, -0.15) is 21.3 Å². The molecule has 0 aliphatic heterocycles. The Labute approximate surface area is 161 Å². The number of rotatable bonds is 11. The number of aromatic nitrogens is 1. The third-order valence-electron chi connectivity index (χ3n) is 4.08. The smallest absolute Gasteiger partial charge is 0.244 e. The molecule has 0 saturated heterocycles. The number of pyridine rings is 1. The molecule has 1 aromatic rings. The standard InChI is InChI=1S/C18H27N3O3S2/c1-5-8-11-25-14(4)18(22)16(12-19)17-10-9-15(13-20-17)26(23,24)21(6-2)7-3/h9-10,13-14,16H,5-8,11H2,1-4H3/t14-,16+/m0/s1. The lowest BCUT2D eigenvalue weighted by atomic mass is 9.99. The zero-order chi connectivity index (χ0) is 19.7. The average molecular weight is 398 g/mol. The summed E-state index contributed by atoms with van der Waals surface area (Å²) in [6.07, 6.45) is 3.31. The van der Waals surface area contributed by atoms with Gasteiger partial charge >= 0.3 is 0 Å². The van der Waals surface area contributed by atoms with Crippen molar-refractivity contribution in [3.63, 3.8) is 0 Å². The summed E-state index contributed by atoms with van der Waals surface area (Å²) >= 11 is 1.53. The van der Waals surface area contributed by atoms with Gasteiger partial charge in [0.1, 0.15) is 10.8 Å². The second-order valence-corrected chi connectivity index (χ2v) is 9.23. The molecule has 144 valence electrons. The summed E-state index contributed by atoms with van der Waals surface area (Å²) in [6, 6.07) is 4.89. The number of ketones is 1. The van der Waals surface area contributed by atoms with Gasteiger partial charge in [0.2, 0.25) is 10.0 Å². The third-order valence-corrected chi connectivity index (χ3v) is 7.37. The number of unbranched alkanes of at least 4 members (excludes halogenated alkanes) is 1. The summed E-state index contributed by atoms with van der Waals surface area (Å²) in [4.78, 5) is 16.7. The number of thioether (sulfide) groups is 1. The summed E-state index contributed by atoms with van der Waals surface area (Å²) in [6.45, 7) is 8.16. The zero-order valence-electron chi connectivity index (χ0n) is 15.8. The third kappa shape index (κ3) is 5.53. The molecule has 2 atom stereocenters. The van der Waals surface area contributed by atoms with Crippen LogP contribution in [0.2, 0.25) is 0 Å². The molecule has 0 N–H and O–H groups in total. The second kappa shape index (κ2) is 10.7. The van der Waals surface area contributed by atoms with Crippen molar-refractivity contribution >= 4 is 27.6 Å². The van der Waals surface area contributed by atoms with Gasteiger partial charge in [-0.05, 0) is 31.2 Å². The van der Waals surface area contributed by atoms with Gasteiger partial charge in [0.15, 0.2) is 5.78 Å². The highest BCUT2D eigenvalue weighted by atomic mass is 32.2. The number of carbonyl (C=O) groups is 1. The number of nitrogens with zero attached hydrogens (tertiary/aromatic N) is 3. The van der Waals surface area contributed by atoms with E-state index in [0.717, 1.165) is 18.6 Å². The maximum Gasteiger partial charge on any atom is 0.244 e. The van der Waals surface area contributed by atoms with Crippen molar-refractivity contribution in [2.45, 2.75) is 56.6 Å². The van der Waals surface area contributed by atoms with Crippen molar-refractivity contribution in [2.75, 3.05) is 18.8 Å². The van der Waals surface area contributed by atoms with Crippen LogP contribution in [0.25, 0.3) is 0 Å². The molecular formula is C18H27N3O3S2. The molecule has 0 aliphatic carbocycles. The molecule has 0 aliphatic rings. The molecule has 0 aromatic carbocycles. The molecule has 1 rings (SSSR count). The van der Waals surface area contributed by atoms with Gasteiger partial charge in [-0.25, -0.2) is 8.42 Å². The fourth-order valence-electron chi connectivity index (χ4n) is 2.42. The zero-order valence-corrected chi connectivity index (χ0v) is 17.4. The van der Waals surface area contributed by atoms with Gasteiger partial charge in [0.25, 0.3) is 0 Å². The maximum atomic E-state index is 12.5. The van der Waals surface area contributed by atoms with Crippen molar-refractivity contribution in [2.24, 2.45) is 0 Å². The van der Waals surface area contributed by atoms with Crippen molar-refractivity contribution < 1.29 is 13.2 Å². The number of carbonyl (C=O) groups excluding carboxylic acids is 1. The molecule has 6 nitrogen and oxygen atoms in total. The van der Waals surface area contributed by atoms with Crippen LogP contribution in [0.1, 0.15) is 52.1 Å². The van der Waals surface area contributed by atoms with Crippen molar-refractivity contribution in [1.29, 1.82) is 5.26 Å². The normalized spacial score (nSPS) is 14.0. The van der Waals surface area contributed by atoms with Crippen molar-refractivity contribution in [3.05, 3.63) is 24.0 Å². The van der Waals surface area contributed by atoms with Gasteiger partial charge in [0.05, 0.1) is 17.0 Å². The Bertz CT molecular complexity index is 723. The summed E-state index contributed by atoms with van der Waals surface area (Å²) in [5.41, 5.74) is 0.291. The molecule has 0 spiro atoms. The first-order valence-corrected chi connectivity index (χ1v) is 11.3. The minimum Gasteiger partial charge on any atom is -0.297 e. The molecule has 26 heavy (non-hydrogen) atoms. The topological polar surface area (TPSA) is 91.1 Å². The van der Waals surface area contributed by atoms with Crippen LogP contribution in [0.3, 0.4) is 0 Å². The summed E-state index contributed by atoms with van der Waals surface area (Å²) in [5, 5.41) is 9.12. The van der Waals surface area contributed by atoms with E-state index in [-0.39, 0.29) is 15.9 Å². The molecule has 1 heterocycles. The first kappa shape index (κ1) is 22.6. The summed E-state index contributed by atoms with van der Waals surface area (Å²) < 4.78 is 26.3. The number of hydrogen-bond donors (Lipinski definition) is 0. The fraction of sp³-hybridized carbons (Fsp3) is 0.611. The molecule has 0 unspecified atom stereocenters. The van der Waals surface area contributed by atoms with Gasteiger partial charge in [-0.3, -0.25) is 9.78 Å². The van der Waals surface area contributed by atoms with Crippen LogP contribution in [0.15, 0.2) is 23.2 Å². The Morgan fingerprint density at radius 2 is 1.96 bits per heavy atom. The van der Waals surface area contributed by atoms with Gasteiger partial charge in [-0.1, -0.05) is 27.2 Å². The maximum absolute atomic E-state index is 12.5. The van der Waals surface area contributed by atoms with E-state index in [9.17, 15) is 18.5 Å². The number of sulfonamides is 1. The lowest BCUT2D eigenvalue weighted by Crippen LogP contribution is -2.30. The molecule has 8 heteroatoms. The fourth-order valence-corrected chi connectivity index (χ4v) is 4.94. The van der Waals surface area contributed by atoms with E-state index in [0.29, 0.717) is 18.8 Å². The molecule has 0 saturated carbocycles. The first-order valence-electron chi connectivity index (χ1n) is 8.84. The van der Waals surface area contributed by atoms with Gasteiger partial charge in [-0.15, -0.1) is 0 Å². The Balaban J connectivity index is 2.98. The van der Waals surface area contributed by atoms with E-state index < -0.39 is 15.9 Å². The average Bonchev–Trinajstić information content (AvgIpc) is 2.63. The van der Waals surface area contributed by atoms with E-state index in [1.54, 1.807) is 20.8 Å². The van der Waals surface area contributed by atoms with E-state index in [1.807, 2.05) is 6.07 Å². The van der Waals surface area contributed by atoms with Crippen LogP contribution in [0.5, 0.6) is 0 Å². The first-order chi connectivity index (χ1) is 12.3. The van der Waals surface area contributed by atoms with Crippen molar-refractivity contribution in [1.82, 2.24) is 9.29 Å². The number of nitriles is 1. The number of hydrogen-bond acceptors (Lipinski definition) is 6. The molecule has 1 aromatic heterocycles. The van der Waals surface area contributed by atoms with Crippen LogP contribution in [0, 0.1) is 11.3 Å². The minimum atomic E-state index is -3.60. The van der Waals surface area contributed by atoms with Crippen molar-refractivity contribution in [3.8, 4) is 6.07 Å². The molecule has 0 radical (unpaired) electrons. The predicted molar refractivity (Wildman–Crippen MR) is 105 cm³/mol.